The van der Waals surface area contributed by atoms with Gasteiger partial charge in [-0.3, -0.25) is 4.79 Å². The lowest BCUT2D eigenvalue weighted by Gasteiger charge is -2.09. The van der Waals surface area contributed by atoms with E-state index in [0.717, 1.165) is 0 Å². The van der Waals surface area contributed by atoms with E-state index in [4.69, 9.17) is 11.6 Å². The molecule has 3 aromatic rings. The highest BCUT2D eigenvalue weighted by Crippen LogP contribution is 2.25. The number of nitrogens with one attached hydrogen (secondary N) is 1. The van der Waals surface area contributed by atoms with E-state index < -0.39 is 0 Å². The Morgan fingerprint density at radius 3 is 2.68 bits per heavy atom. The number of amides is 1. The molecule has 1 amide bonds. The van der Waals surface area contributed by atoms with Crippen molar-refractivity contribution in [1.82, 2.24) is 19.6 Å². The summed E-state index contributed by atoms with van der Waals surface area (Å²) in [6, 6.07) is 7.60. The van der Waals surface area contributed by atoms with E-state index in [1.54, 1.807) is 42.1 Å². The molecule has 0 aliphatic rings. The first kappa shape index (κ1) is 19.8. The van der Waals surface area contributed by atoms with E-state index in [9.17, 15) is 9.18 Å². The topological polar surface area (TPSA) is 64.7 Å². The van der Waals surface area contributed by atoms with E-state index in [-0.39, 0.29) is 11.7 Å². The summed E-state index contributed by atoms with van der Waals surface area (Å²) in [6.45, 7) is 6.66. The Kier molecular flexibility index (Phi) is 5.94. The van der Waals surface area contributed by atoms with Crippen LogP contribution < -0.4 is 5.32 Å². The molecular weight excluding hydrogens is 381 g/mol. The highest BCUT2D eigenvalue weighted by atomic mass is 35.5. The molecule has 3 rings (SSSR count). The Balaban J connectivity index is 1.76. The van der Waals surface area contributed by atoms with Crippen molar-refractivity contribution in [2.45, 2.75) is 27.3 Å². The number of anilines is 1. The summed E-state index contributed by atoms with van der Waals surface area (Å²) in [6.07, 6.45) is 4.66. The predicted molar refractivity (Wildman–Crippen MR) is 108 cm³/mol. The van der Waals surface area contributed by atoms with Gasteiger partial charge in [0.1, 0.15) is 16.8 Å². The van der Waals surface area contributed by atoms with Crippen LogP contribution in [-0.2, 0) is 11.3 Å². The predicted octanol–water partition coefficient (Wildman–Crippen LogP) is 4.48. The highest BCUT2D eigenvalue weighted by molar-refractivity contribution is 6.31. The number of aryl methyl sites for hydroxylation is 1. The van der Waals surface area contributed by atoms with Crippen molar-refractivity contribution in [2.75, 3.05) is 5.32 Å². The summed E-state index contributed by atoms with van der Waals surface area (Å²) in [5.41, 5.74) is 1.91. The molecular formula is C20H21ClFN5O. The van der Waals surface area contributed by atoms with Crippen molar-refractivity contribution in [3.05, 3.63) is 64.8 Å². The van der Waals surface area contributed by atoms with Gasteiger partial charge in [0.05, 0.1) is 17.6 Å². The number of aromatic nitrogens is 4. The number of carbonyl (C=O) groups excluding carboxylic acids is 1. The van der Waals surface area contributed by atoms with E-state index >= 15 is 0 Å². The Hall–Kier alpha value is -2.93. The first-order valence-corrected chi connectivity index (χ1v) is 9.25. The minimum atomic E-state index is -0.336. The van der Waals surface area contributed by atoms with Crippen molar-refractivity contribution in [1.29, 1.82) is 0 Å². The zero-order valence-electron chi connectivity index (χ0n) is 15.9. The number of nitrogens with zero attached hydrogens (tertiary/aromatic N) is 4. The highest BCUT2D eigenvalue weighted by Gasteiger charge is 2.13. The van der Waals surface area contributed by atoms with Crippen molar-refractivity contribution in [3.63, 3.8) is 0 Å². The molecule has 0 saturated carbocycles. The Morgan fingerprint density at radius 2 is 2.00 bits per heavy atom. The van der Waals surface area contributed by atoms with Crippen LogP contribution in [0, 0.1) is 18.7 Å². The number of halogens is 2. The van der Waals surface area contributed by atoms with Crippen LogP contribution in [0.25, 0.3) is 11.8 Å². The fraction of sp³-hybridized carbons (Fsp3) is 0.250. The first-order chi connectivity index (χ1) is 13.3. The zero-order chi connectivity index (χ0) is 20.3. The normalized spacial score (nSPS) is 11.5. The van der Waals surface area contributed by atoms with Gasteiger partial charge >= 0.3 is 0 Å². The largest absolute Gasteiger partial charge is 0.307 e. The van der Waals surface area contributed by atoms with Crippen LogP contribution in [0.1, 0.15) is 25.1 Å². The van der Waals surface area contributed by atoms with E-state index in [1.807, 2.05) is 0 Å². The van der Waals surface area contributed by atoms with Gasteiger partial charge < -0.3 is 5.32 Å². The second kappa shape index (κ2) is 8.39. The van der Waals surface area contributed by atoms with Crippen LogP contribution in [0.5, 0.6) is 0 Å². The molecule has 0 radical (unpaired) electrons. The standard InChI is InChI=1S/C20H21ClFN5O/c1-13(2)12-26-18(10-11-23-26)24-19(28)9-8-17-14(3)25-27(20(17)21)16-6-4-15(22)5-7-16/h4-11,13H,12H2,1-3H3,(H,24,28)/b9-8+. The van der Waals surface area contributed by atoms with Gasteiger partial charge in [0.25, 0.3) is 0 Å². The summed E-state index contributed by atoms with van der Waals surface area (Å²) < 4.78 is 16.4. The van der Waals surface area contributed by atoms with Crippen molar-refractivity contribution in [2.24, 2.45) is 5.92 Å². The lowest BCUT2D eigenvalue weighted by molar-refractivity contribution is -0.111. The summed E-state index contributed by atoms with van der Waals surface area (Å²) in [5, 5.41) is 11.7. The van der Waals surface area contributed by atoms with Gasteiger partial charge in [0.15, 0.2) is 0 Å². The maximum Gasteiger partial charge on any atom is 0.249 e. The van der Waals surface area contributed by atoms with Crippen LogP contribution >= 0.6 is 11.6 Å². The molecule has 0 fully saturated rings. The lowest BCUT2D eigenvalue weighted by atomic mass is 10.2. The maximum atomic E-state index is 13.1. The third-order valence-electron chi connectivity index (χ3n) is 4.03. The van der Waals surface area contributed by atoms with Crippen LogP contribution in [0.2, 0.25) is 5.15 Å². The molecule has 2 heterocycles. The molecule has 1 aromatic carbocycles. The average Bonchev–Trinajstić information content (AvgIpc) is 3.17. The van der Waals surface area contributed by atoms with Crippen LogP contribution in [0.4, 0.5) is 10.2 Å². The maximum absolute atomic E-state index is 13.1. The van der Waals surface area contributed by atoms with Gasteiger partial charge in [-0.1, -0.05) is 25.4 Å². The molecule has 1 N–H and O–H groups in total. The average molecular weight is 402 g/mol. The number of hydrogen-bond donors (Lipinski definition) is 1. The number of carbonyl (C=O) groups is 1. The van der Waals surface area contributed by atoms with Crippen LogP contribution in [-0.4, -0.2) is 25.5 Å². The van der Waals surface area contributed by atoms with Gasteiger partial charge in [0, 0.05) is 24.3 Å². The first-order valence-electron chi connectivity index (χ1n) is 8.87. The van der Waals surface area contributed by atoms with Crippen molar-refractivity contribution in [3.8, 4) is 5.69 Å². The fourth-order valence-corrected chi connectivity index (χ4v) is 3.05. The Morgan fingerprint density at radius 1 is 1.29 bits per heavy atom. The van der Waals surface area contributed by atoms with Crippen LogP contribution in [0.3, 0.4) is 0 Å². The zero-order valence-corrected chi connectivity index (χ0v) is 16.6. The molecule has 0 unspecified atom stereocenters. The van der Waals surface area contributed by atoms with Gasteiger partial charge in [0.2, 0.25) is 5.91 Å². The molecule has 6 nitrogen and oxygen atoms in total. The third-order valence-corrected chi connectivity index (χ3v) is 4.39. The number of rotatable bonds is 6. The molecule has 0 spiro atoms. The number of hydrogen-bond acceptors (Lipinski definition) is 3. The van der Waals surface area contributed by atoms with E-state index in [2.05, 4.69) is 29.4 Å². The molecule has 28 heavy (non-hydrogen) atoms. The minimum Gasteiger partial charge on any atom is -0.307 e. The molecule has 0 atom stereocenters. The smallest absolute Gasteiger partial charge is 0.249 e. The van der Waals surface area contributed by atoms with E-state index in [0.29, 0.717) is 40.4 Å². The van der Waals surface area contributed by atoms with E-state index in [1.165, 1.54) is 22.9 Å². The third kappa shape index (κ3) is 4.48. The molecule has 146 valence electrons. The lowest BCUT2D eigenvalue weighted by Crippen LogP contribution is -2.15. The fourth-order valence-electron chi connectivity index (χ4n) is 2.71. The van der Waals surface area contributed by atoms with Gasteiger partial charge in [-0.2, -0.15) is 10.2 Å². The van der Waals surface area contributed by atoms with Gasteiger partial charge in [-0.05, 0) is 43.2 Å². The molecule has 0 aliphatic carbocycles. The second-order valence-electron chi connectivity index (χ2n) is 6.79. The Bertz CT molecular complexity index is 1000. The van der Waals surface area contributed by atoms with Crippen molar-refractivity contribution >= 4 is 29.4 Å². The quantitative estimate of drug-likeness (QED) is 0.619. The molecule has 2 aromatic heterocycles. The molecule has 0 bridgehead atoms. The summed E-state index contributed by atoms with van der Waals surface area (Å²) in [5.74, 6) is 0.408. The SMILES string of the molecule is Cc1nn(-c2ccc(F)cc2)c(Cl)c1/C=C/C(=O)Nc1ccnn1CC(C)C. The Labute approximate surface area is 167 Å². The molecule has 0 aliphatic heterocycles. The van der Waals surface area contributed by atoms with Crippen LogP contribution in [0.15, 0.2) is 42.6 Å². The van der Waals surface area contributed by atoms with Crippen molar-refractivity contribution < 1.29 is 9.18 Å². The monoisotopic (exact) mass is 401 g/mol. The van der Waals surface area contributed by atoms with Gasteiger partial charge in [-0.25, -0.2) is 13.8 Å². The summed E-state index contributed by atoms with van der Waals surface area (Å²) in [4.78, 5) is 12.3. The number of benzene rings is 1. The molecule has 8 heteroatoms. The second-order valence-corrected chi connectivity index (χ2v) is 7.15. The molecule has 0 saturated heterocycles. The minimum absolute atomic E-state index is 0.296. The summed E-state index contributed by atoms with van der Waals surface area (Å²) in [7, 11) is 0. The van der Waals surface area contributed by atoms with Gasteiger partial charge in [-0.15, -0.1) is 0 Å². The summed E-state index contributed by atoms with van der Waals surface area (Å²) >= 11 is 6.42.